The number of halogens is 2. The second kappa shape index (κ2) is 7.27. The molecule has 24 heavy (non-hydrogen) atoms. The van der Waals surface area contributed by atoms with E-state index in [1.54, 1.807) is 42.5 Å². The molecule has 0 saturated carbocycles. The van der Waals surface area contributed by atoms with Crippen LogP contribution >= 0.6 is 11.6 Å². The molecule has 0 atom stereocenters. The van der Waals surface area contributed by atoms with E-state index >= 15 is 0 Å². The van der Waals surface area contributed by atoms with E-state index in [0.29, 0.717) is 28.0 Å². The highest BCUT2D eigenvalue weighted by Crippen LogP contribution is 2.23. The second-order valence-corrected chi connectivity index (χ2v) is 5.46. The first-order chi connectivity index (χ1) is 11.6. The number of carbonyl (C=O) groups is 1. The molecule has 0 amide bonds. The standard InChI is InChI=1S/C18H13ClFNO3/c19-12-5-7-13(8-6-12)23-18(22)10-9-17-21-11-16(24-17)14-3-1-2-4-15(14)20/h1-8,11H,9-10H2. The zero-order chi connectivity index (χ0) is 16.9. The van der Waals surface area contributed by atoms with Gasteiger partial charge in [0.25, 0.3) is 0 Å². The van der Waals surface area contributed by atoms with Gasteiger partial charge in [0.1, 0.15) is 11.6 Å². The smallest absolute Gasteiger partial charge is 0.311 e. The maximum atomic E-state index is 13.7. The van der Waals surface area contributed by atoms with Gasteiger partial charge in [-0.05, 0) is 36.4 Å². The Morgan fingerprint density at radius 1 is 1.17 bits per heavy atom. The highest BCUT2D eigenvalue weighted by Gasteiger charge is 2.12. The molecule has 0 bridgehead atoms. The summed E-state index contributed by atoms with van der Waals surface area (Å²) in [6.45, 7) is 0. The monoisotopic (exact) mass is 345 g/mol. The second-order valence-electron chi connectivity index (χ2n) is 5.03. The van der Waals surface area contributed by atoms with Crippen LogP contribution in [0.3, 0.4) is 0 Å². The summed E-state index contributed by atoms with van der Waals surface area (Å²) in [7, 11) is 0. The van der Waals surface area contributed by atoms with Crippen LogP contribution in [-0.2, 0) is 11.2 Å². The van der Waals surface area contributed by atoms with Gasteiger partial charge in [0.15, 0.2) is 11.7 Å². The average Bonchev–Trinajstić information content (AvgIpc) is 3.04. The van der Waals surface area contributed by atoms with Crippen LogP contribution in [0.4, 0.5) is 4.39 Å². The van der Waals surface area contributed by atoms with Gasteiger partial charge in [0, 0.05) is 11.4 Å². The summed E-state index contributed by atoms with van der Waals surface area (Å²) >= 11 is 5.77. The number of nitrogens with zero attached hydrogens (tertiary/aromatic N) is 1. The van der Waals surface area contributed by atoms with E-state index in [0.717, 1.165) is 0 Å². The van der Waals surface area contributed by atoms with Crippen molar-refractivity contribution < 1.29 is 18.3 Å². The fraction of sp³-hybridized carbons (Fsp3) is 0.111. The van der Waals surface area contributed by atoms with E-state index in [1.807, 2.05) is 0 Å². The lowest BCUT2D eigenvalue weighted by molar-refractivity contribution is -0.134. The molecule has 122 valence electrons. The minimum Gasteiger partial charge on any atom is -0.441 e. The third-order valence-corrected chi connectivity index (χ3v) is 3.53. The molecule has 3 rings (SSSR count). The predicted molar refractivity (Wildman–Crippen MR) is 87.3 cm³/mol. The topological polar surface area (TPSA) is 52.3 Å². The van der Waals surface area contributed by atoms with Crippen molar-refractivity contribution in [2.75, 3.05) is 0 Å². The number of esters is 1. The van der Waals surface area contributed by atoms with Crippen LogP contribution in [0.1, 0.15) is 12.3 Å². The van der Waals surface area contributed by atoms with Crippen molar-refractivity contribution in [3.63, 3.8) is 0 Å². The van der Waals surface area contributed by atoms with Crippen molar-refractivity contribution in [2.24, 2.45) is 0 Å². The molecule has 0 N–H and O–H groups in total. The molecule has 4 nitrogen and oxygen atoms in total. The highest BCUT2D eigenvalue weighted by atomic mass is 35.5. The van der Waals surface area contributed by atoms with Gasteiger partial charge in [-0.15, -0.1) is 0 Å². The summed E-state index contributed by atoms with van der Waals surface area (Å²) in [5.41, 5.74) is 0.333. The molecule has 0 aliphatic rings. The van der Waals surface area contributed by atoms with Gasteiger partial charge in [-0.25, -0.2) is 9.37 Å². The van der Waals surface area contributed by atoms with Crippen LogP contribution in [0.15, 0.2) is 59.1 Å². The minimum absolute atomic E-state index is 0.0971. The first kappa shape index (κ1) is 16.2. The molecule has 0 saturated heterocycles. The summed E-state index contributed by atoms with van der Waals surface area (Å²) in [6, 6.07) is 12.8. The number of carbonyl (C=O) groups excluding carboxylic acids is 1. The lowest BCUT2D eigenvalue weighted by atomic mass is 10.2. The van der Waals surface area contributed by atoms with E-state index < -0.39 is 5.97 Å². The molecule has 0 unspecified atom stereocenters. The zero-order valence-electron chi connectivity index (χ0n) is 12.5. The van der Waals surface area contributed by atoms with Gasteiger partial charge in [0.2, 0.25) is 0 Å². The molecule has 0 aliphatic heterocycles. The Bertz CT molecular complexity index is 845. The average molecular weight is 346 g/mol. The van der Waals surface area contributed by atoms with Crippen LogP contribution in [0, 0.1) is 5.82 Å². The first-order valence-electron chi connectivity index (χ1n) is 7.27. The maximum Gasteiger partial charge on any atom is 0.311 e. The van der Waals surface area contributed by atoms with Gasteiger partial charge >= 0.3 is 5.97 Å². The molecule has 0 fully saturated rings. The molecular formula is C18H13ClFNO3. The van der Waals surface area contributed by atoms with Crippen molar-refractivity contribution in [2.45, 2.75) is 12.8 Å². The maximum absolute atomic E-state index is 13.7. The van der Waals surface area contributed by atoms with E-state index in [4.69, 9.17) is 20.8 Å². The third kappa shape index (κ3) is 4.00. The molecule has 1 heterocycles. The Kier molecular flexibility index (Phi) is 4.91. The van der Waals surface area contributed by atoms with Crippen molar-refractivity contribution in [1.82, 2.24) is 4.98 Å². The minimum atomic E-state index is -0.414. The van der Waals surface area contributed by atoms with E-state index in [9.17, 15) is 9.18 Å². The number of aromatic nitrogens is 1. The van der Waals surface area contributed by atoms with Crippen LogP contribution < -0.4 is 4.74 Å². The van der Waals surface area contributed by atoms with Crippen molar-refractivity contribution in [3.8, 4) is 17.1 Å². The van der Waals surface area contributed by atoms with E-state index in [2.05, 4.69) is 4.98 Å². The summed E-state index contributed by atoms with van der Waals surface area (Å²) in [5.74, 6) is 0.296. The van der Waals surface area contributed by atoms with Gasteiger partial charge in [-0.1, -0.05) is 23.7 Å². The Morgan fingerprint density at radius 2 is 1.92 bits per heavy atom. The Morgan fingerprint density at radius 3 is 2.67 bits per heavy atom. The fourth-order valence-electron chi connectivity index (χ4n) is 2.11. The number of aryl methyl sites for hydroxylation is 1. The van der Waals surface area contributed by atoms with Crippen LogP contribution in [0.25, 0.3) is 11.3 Å². The van der Waals surface area contributed by atoms with Gasteiger partial charge < -0.3 is 9.15 Å². The Labute approximate surface area is 142 Å². The summed E-state index contributed by atoms with van der Waals surface area (Å²) in [4.78, 5) is 15.9. The molecule has 2 aromatic carbocycles. The SMILES string of the molecule is O=C(CCc1ncc(-c2ccccc2F)o1)Oc1ccc(Cl)cc1. The quantitative estimate of drug-likeness (QED) is 0.498. The van der Waals surface area contributed by atoms with Crippen LogP contribution in [-0.4, -0.2) is 11.0 Å². The zero-order valence-corrected chi connectivity index (χ0v) is 13.3. The number of hydrogen-bond donors (Lipinski definition) is 0. The molecular weight excluding hydrogens is 333 g/mol. The van der Waals surface area contributed by atoms with Crippen molar-refractivity contribution >= 4 is 17.6 Å². The summed E-state index contributed by atoms with van der Waals surface area (Å²) in [5, 5.41) is 0.565. The largest absolute Gasteiger partial charge is 0.441 e. The first-order valence-corrected chi connectivity index (χ1v) is 7.65. The van der Waals surface area contributed by atoms with Crippen LogP contribution in [0.5, 0.6) is 5.75 Å². The van der Waals surface area contributed by atoms with Gasteiger partial charge in [-0.2, -0.15) is 0 Å². The molecule has 0 spiro atoms. The molecule has 3 aromatic rings. The van der Waals surface area contributed by atoms with E-state index in [1.165, 1.54) is 12.3 Å². The molecule has 6 heteroatoms. The predicted octanol–water partition coefficient (Wildman–Crippen LogP) is 4.67. The lowest BCUT2D eigenvalue weighted by Gasteiger charge is -2.03. The fourth-order valence-corrected chi connectivity index (χ4v) is 2.23. The Balaban J connectivity index is 1.58. The van der Waals surface area contributed by atoms with Crippen molar-refractivity contribution in [3.05, 3.63) is 71.5 Å². The number of oxazole rings is 1. The normalized spacial score (nSPS) is 10.6. The van der Waals surface area contributed by atoms with E-state index in [-0.39, 0.29) is 18.7 Å². The molecule has 0 aliphatic carbocycles. The van der Waals surface area contributed by atoms with Gasteiger partial charge in [0.05, 0.1) is 18.2 Å². The Hall–Kier alpha value is -2.66. The number of ether oxygens (including phenoxy) is 1. The third-order valence-electron chi connectivity index (χ3n) is 3.28. The number of hydrogen-bond acceptors (Lipinski definition) is 4. The summed E-state index contributed by atoms with van der Waals surface area (Å²) < 4.78 is 24.4. The summed E-state index contributed by atoms with van der Waals surface area (Å²) in [6.07, 6.45) is 1.80. The van der Waals surface area contributed by atoms with Gasteiger partial charge in [-0.3, -0.25) is 4.79 Å². The van der Waals surface area contributed by atoms with Crippen LogP contribution in [0.2, 0.25) is 5.02 Å². The molecule has 1 aromatic heterocycles. The molecule has 0 radical (unpaired) electrons. The van der Waals surface area contributed by atoms with Crippen molar-refractivity contribution in [1.29, 1.82) is 0 Å². The number of benzene rings is 2. The lowest BCUT2D eigenvalue weighted by Crippen LogP contribution is -2.09. The number of rotatable bonds is 5. The highest BCUT2D eigenvalue weighted by molar-refractivity contribution is 6.30.